The van der Waals surface area contributed by atoms with Crippen LogP contribution in [0.3, 0.4) is 0 Å². The molecule has 0 aliphatic heterocycles. The van der Waals surface area contributed by atoms with Gasteiger partial charge in [-0.05, 0) is 38.3 Å². The maximum absolute atomic E-state index is 5.81. The standard InChI is InChI=1S/C11H18N2O/c1-11(2,14-3)6-4-9-8-13-7-5-10(9)12/h5,7-8H,4,6H2,1-3H3,(H2,12,13). The van der Waals surface area contributed by atoms with Crippen molar-refractivity contribution in [3.63, 3.8) is 0 Å². The van der Waals surface area contributed by atoms with Gasteiger partial charge in [0.15, 0.2) is 0 Å². The van der Waals surface area contributed by atoms with E-state index in [2.05, 4.69) is 18.8 Å². The third-order valence-electron chi connectivity index (χ3n) is 2.49. The van der Waals surface area contributed by atoms with Gasteiger partial charge in [-0.2, -0.15) is 0 Å². The third-order valence-corrected chi connectivity index (χ3v) is 2.49. The van der Waals surface area contributed by atoms with Gasteiger partial charge in [0.05, 0.1) is 5.60 Å². The molecule has 0 aromatic carbocycles. The van der Waals surface area contributed by atoms with E-state index < -0.39 is 0 Å². The second-order valence-electron chi connectivity index (χ2n) is 4.04. The summed E-state index contributed by atoms with van der Waals surface area (Å²) < 4.78 is 5.34. The molecule has 0 saturated heterocycles. The van der Waals surface area contributed by atoms with E-state index in [-0.39, 0.29) is 5.60 Å². The minimum Gasteiger partial charge on any atom is -0.398 e. The van der Waals surface area contributed by atoms with Gasteiger partial charge in [-0.3, -0.25) is 4.98 Å². The Labute approximate surface area is 85.3 Å². The monoisotopic (exact) mass is 194 g/mol. The van der Waals surface area contributed by atoms with Crippen molar-refractivity contribution in [3.8, 4) is 0 Å². The molecule has 3 heteroatoms. The highest BCUT2D eigenvalue weighted by molar-refractivity contribution is 5.44. The summed E-state index contributed by atoms with van der Waals surface area (Å²) in [6.07, 6.45) is 5.38. The van der Waals surface area contributed by atoms with Crippen LogP contribution in [0.4, 0.5) is 5.69 Å². The van der Waals surface area contributed by atoms with Crippen LogP contribution >= 0.6 is 0 Å². The number of pyridine rings is 1. The van der Waals surface area contributed by atoms with Gasteiger partial charge in [0, 0.05) is 25.2 Å². The van der Waals surface area contributed by atoms with Crippen LogP contribution in [-0.2, 0) is 11.2 Å². The molecule has 0 amide bonds. The number of nitrogen functional groups attached to an aromatic ring is 1. The van der Waals surface area contributed by atoms with Crippen LogP contribution in [-0.4, -0.2) is 17.7 Å². The molecule has 0 atom stereocenters. The minimum atomic E-state index is -0.0950. The minimum absolute atomic E-state index is 0.0950. The summed E-state index contributed by atoms with van der Waals surface area (Å²) in [5.74, 6) is 0. The average molecular weight is 194 g/mol. The smallest absolute Gasteiger partial charge is 0.0625 e. The van der Waals surface area contributed by atoms with E-state index >= 15 is 0 Å². The molecule has 0 radical (unpaired) electrons. The molecule has 2 N–H and O–H groups in total. The predicted octanol–water partition coefficient (Wildman–Crippen LogP) is 2.02. The number of rotatable bonds is 4. The zero-order chi connectivity index (χ0) is 10.6. The molecule has 14 heavy (non-hydrogen) atoms. The predicted molar refractivity (Wildman–Crippen MR) is 58.1 cm³/mol. The average Bonchev–Trinajstić information content (AvgIpc) is 2.17. The van der Waals surface area contributed by atoms with Gasteiger partial charge < -0.3 is 10.5 Å². The van der Waals surface area contributed by atoms with Gasteiger partial charge >= 0.3 is 0 Å². The van der Waals surface area contributed by atoms with Crippen molar-refractivity contribution in [1.82, 2.24) is 4.98 Å². The molecule has 0 spiro atoms. The first-order valence-electron chi connectivity index (χ1n) is 4.79. The fourth-order valence-corrected chi connectivity index (χ4v) is 1.18. The van der Waals surface area contributed by atoms with Crippen LogP contribution in [0.15, 0.2) is 18.5 Å². The zero-order valence-corrected chi connectivity index (χ0v) is 9.08. The number of hydrogen-bond acceptors (Lipinski definition) is 3. The van der Waals surface area contributed by atoms with Crippen LogP contribution in [0.25, 0.3) is 0 Å². The second kappa shape index (κ2) is 4.42. The SMILES string of the molecule is COC(C)(C)CCc1cnccc1N. The topological polar surface area (TPSA) is 48.1 Å². The summed E-state index contributed by atoms with van der Waals surface area (Å²) in [4.78, 5) is 4.05. The van der Waals surface area contributed by atoms with Gasteiger partial charge in [-0.15, -0.1) is 0 Å². The first kappa shape index (κ1) is 11.0. The number of ether oxygens (including phenoxy) is 1. The van der Waals surface area contributed by atoms with Crippen molar-refractivity contribution >= 4 is 5.69 Å². The molecule has 3 nitrogen and oxygen atoms in total. The lowest BCUT2D eigenvalue weighted by Crippen LogP contribution is -2.23. The Balaban J connectivity index is 2.58. The number of nitrogens with zero attached hydrogens (tertiary/aromatic N) is 1. The lowest BCUT2D eigenvalue weighted by atomic mass is 9.99. The first-order chi connectivity index (χ1) is 6.55. The van der Waals surface area contributed by atoms with Crippen molar-refractivity contribution in [3.05, 3.63) is 24.0 Å². The lowest BCUT2D eigenvalue weighted by Gasteiger charge is -2.22. The Morgan fingerprint density at radius 2 is 2.21 bits per heavy atom. The molecule has 0 fully saturated rings. The normalized spacial score (nSPS) is 11.6. The molecule has 1 rings (SSSR count). The number of hydrogen-bond donors (Lipinski definition) is 1. The van der Waals surface area contributed by atoms with Gasteiger partial charge in [0.2, 0.25) is 0 Å². The van der Waals surface area contributed by atoms with E-state index in [4.69, 9.17) is 10.5 Å². The first-order valence-corrected chi connectivity index (χ1v) is 4.79. The highest BCUT2D eigenvalue weighted by Gasteiger charge is 2.16. The van der Waals surface area contributed by atoms with Crippen molar-refractivity contribution in [1.29, 1.82) is 0 Å². The van der Waals surface area contributed by atoms with Crippen molar-refractivity contribution in [2.75, 3.05) is 12.8 Å². The van der Waals surface area contributed by atoms with Crippen LogP contribution < -0.4 is 5.73 Å². The molecule has 0 aliphatic carbocycles. The number of aromatic nitrogens is 1. The summed E-state index contributed by atoms with van der Waals surface area (Å²) in [6.45, 7) is 4.14. The van der Waals surface area contributed by atoms with Gasteiger partial charge in [-0.25, -0.2) is 0 Å². The lowest BCUT2D eigenvalue weighted by molar-refractivity contribution is 0.0158. The van der Waals surface area contributed by atoms with Crippen LogP contribution in [0, 0.1) is 0 Å². The number of methoxy groups -OCH3 is 1. The zero-order valence-electron chi connectivity index (χ0n) is 9.08. The number of nitrogens with two attached hydrogens (primary N) is 1. The third kappa shape index (κ3) is 3.00. The van der Waals surface area contributed by atoms with Crippen LogP contribution in [0.2, 0.25) is 0 Å². The van der Waals surface area contributed by atoms with Crippen molar-refractivity contribution in [2.24, 2.45) is 0 Å². The molecule has 0 saturated carbocycles. The molecule has 1 aromatic rings. The summed E-state index contributed by atoms with van der Waals surface area (Å²) in [7, 11) is 1.73. The van der Waals surface area contributed by atoms with Crippen LogP contribution in [0.1, 0.15) is 25.8 Å². The fourth-order valence-electron chi connectivity index (χ4n) is 1.18. The van der Waals surface area contributed by atoms with Gasteiger partial charge in [0.1, 0.15) is 0 Å². The quantitative estimate of drug-likeness (QED) is 0.797. The van der Waals surface area contributed by atoms with Crippen LogP contribution in [0.5, 0.6) is 0 Å². The molecule has 0 bridgehead atoms. The van der Waals surface area contributed by atoms with Crippen molar-refractivity contribution < 1.29 is 4.74 Å². The Hall–Kier alpha value is -1.09. The number of aryl methyl sites for hydroxylation is 1. The fraction of sp³-hybridized carbons (Fsp3) is 0.545. The summed E-state index contributed by atoms with van der Waals surface area (Å²) in [5.41, 5.74) is 7.62. The van der Waals surface area contributed by atoms with E-state index in [9.17, 15) is 0 Å². The van der Waals surface area contributed by atoms with Crippen molar-refractivity contribution in [2.45, 2.75) is 32.3 Å². The molecular formula is C11H18N2O. The Morgan fingerprint density at radius 3 is 2.79 bits per heavy atom. The van der Waals surface area contributed by atoms with E-state index in [0.717, 1.165) is 24.1 Å². The maximum atomic E-state index is 5.81. The highest BCUT2D eigenvalue weighted by Crippen LogP contribution is 2.19. The summed E-state index contributed by atoms with van der Waals surface area (Å²) >= 11 is 0. The summed E-state index contributed by atoms with van der Waals surface area (Å²) in [5, 5.41) is 0. The molecular weight excluding hydrogens is 176 g/mol. The summed E-state index contributed by atoms with van der Waals surface area (Å²) in [6, 6.07) is 1.83. The van der Waals surface area contributed by atoms with Gasteiger partial charge in [-0.1, -0.05) is 0 Å². The maximum Gasteiger partial charge on any atom is 0.0625 e. The Kier molecular flexibility index (Phi) is 3.47. The molecule has 78 valence electrons. The van der Waals surface area contributed by atoms with E-state index in [0.29, 0.717) is 0 Å². The van der Waals surface area contributed by atoms with E-state index in [1.54, 1.807) is 13.3 Å². The number of anilines is 1. The highest BCUT2D eigenvalue weighted by atomic mass is 16.5. The van der Waals surface area contributed by atoms with E-state index in [1.807, 2.05) is 12.3 Å². The molecule has 0 aliphatic rings. The second-order valence-corrected chi connectivity index (χ2v) is 4.04. The Morgan fingerprint density at radius 1 is 1.50 bits per heavy atom. The van der Waals surface area contributed by atoms with E-state index in [1.165, 1.54) is 0 Å². The molecule has 1 heterocycles. The Bertz CT molecular complexity index is 297. The largest absolute Gasteiger partial charge is 0.398 e. The molecule has 1 aromatic heterocycles. The molecule has 0 unspecified atom stereocenters. The van der Waals surface area contributed by atoms with Gasteiger partial charge in [0.25, 0.3) is 0 Å².